The minimum atomic E-state index is -0.423. The quantitative estimate of drug-likeness (QED) is 0.173. The Balaban J connectivity index is 1.51. The van der Waals surface area contributed by atoms with Crippen molar-refractivity contribution in [2.24, 2.45) is 11.0 Å². The molecule has 0 aliphatic heterocycles. The number of benzene rings is 2. The van der Waals surface area contributed by atoms with Crippen molar-refractivity contribution in [2.75, 3.05) is 5.73 Å². The molecule has 8 heteroatoms. The number of hydrogen-bond acceptors (Lipinski definition) is 4. The van der Waals surface area contributed by atoms with Gasteiger partial charge in [-0.25, -0.2) is 5.43 Å². The van der Waals surface area contributed by atoms with Gasteiger partial charge in [-0.2, -0.15) is 5.10 Å². The number of anilines is 1. The molecule has 0 spiro atoms. The second-order valence-corrected chi connectivity index (χ2v) is 8.15. The number of nitrogens with one attached hydrogen (secondary N) is 1. The molecule has 0 radical (unpaired) electrons. The van der Waals surface area contributed by atoms with Crippen molar-refractivity contribution in [3.63, 3.8) is 0 Å². The summed E-state index contributed by atoms with van der Waals surface area (Å²) in [7, 11) is 0. The Bertz CT molecular complexity index is 1230. The molecule has 2 unspecified atom stereocenters. The topological polar surface area (TPSA) is 92.6 Å². The number of allylic oxidation sites excluding steroid dienone is 4. The molecule has 6 nitrogen and oxygen atoms in total. The van der Waals surface area contributed by atoms with Crippen LogP contribution < -0.4 is 11.2 Å². The van der Waals surface area contributed by atoms with Gasteiger partial charge in [0.1, 0.15) is 5.75 Å². The van der Waals surface area contributed by atoms with E-state index in [9.17, 15) is 9.90 Å². The van der Waals surface area contributed by atoms with Crippen molar-refractivity contribution in [3.05, 3.63) is 83.0 Å². The number of carbonyl (C=O) groups excluding carboxylic acids is 1. The molecular formula is C23H20Cl2N4O2. The van der Waals surface area contributed by atoms with Crippen molar-refractivity contribution in [2.45, 2.75) is 11.9 Å². The molecule has 158 valence electrons. The van der Waals surface area contributed by atoms with E-state index >= 15 is 0 Å². The van der Waals surface area contributed by atoms with Crippen molar-refractivity contribution < 1.29 is 9.90 Å². The number of fused-ring (bicyclic) bond motifs is 1. The number of aromatic nitrogens is 1. The first-order valence-corrected chi connectivity index (χ1v) is 10.4. The number of carbonyl (C=O) groups is 1. The summed E-state index contributed by atoms with van der Waals surface area (Å²) in [6.45, 7) is 0.650. The van der Waals surface area contributed by atoms with Crippen LogP contribution in [0.2, 0.25) is 0 Å². The summed E-state index contributed by atoms with van der Waals surface area (Å²) in [5, 5.41) is 15.1. The smallest absolute Gasteiger partial charge is 0.271 e. The van der Waals surface area contributed by atoms with Gasteiger partial charge in [-0.05, 0) is 36.4 Å². The van der Waals surface area contributed by atoms with Crippen LogP contribution in [0.25, 0.3) is 10.9 Å². The van der Waals surface area contributed by atoms with Gasteiger partial charge < -0.3 is 15.4 Å². The first-order chi connectivity index (χ1) is 14.9. The maximum absolute atomic E-state index is 12.2. The lowest BCUT2D eigenvalue weighted by molar-refractivity contribution is 0.0955. The number of nitrogen functional groups attached to an aromatic ring is 1. The van der Waals surface area contributed by atoms with Gasteiger partial charge in [-0.3, -0.25) is 4.79 Å². The van der Waals surface area contributed by atoms with Gasteiger partial charge in [0.15, 0.2) is 0 Å². The van der Waals surface area contributed by atoms with Crippen LogP contribution in [-0.4, -0.2) is 27.2 Å². The molecule has 0 fully saturated rings. The molecule has 4 rings (SSSR count). The van der Waals surface area contributed by atoms with Gasteiger partial charge in [-0.15, -0.1) is 11.6 Å². The molecule has 1 aromatic heterocycles. The Hall–Kier alpha value is -3.22. The molecule has 0 saturated heterocycles. The third-order valence-electron chi connectivity index (χ3n) is 5.19. The number of alkyl halides is 1. The number of amides is 1. The average Bonchev–Trinajstić information content (AvgIpc) is 3.16. The fraction of sp³-hybridized carbons (Fsp3) is 0.130. The molecule has 31 heavy (non-hydrogen) atoms. The fourth-order valence-electron chi connectivity index (χ4n) is 3.50. The summed E-state index contributed by atoms with van der Waals surface area (Å²) in [6.07, 6.45) is 9.27. The molecule has 2 aromatic carbocycles. The van der Waals surface area contributed by atoms with Crippen LogP contribution in [0.3, 0.4) is 0 Å². The van der Waals surface area contributed by atoms with E-state index in [1.54, 1.807) is 6.21 Å². The molecule has 1 heterocycles. The lowest BCUT2D eigenvalue weighted by Crippen LogP contribution is -2.21. The van der Waals surface area contributed by atoms with Crippen molar-refractivity contribution in [1.29, 1.82) is 0 Å². The van der Waals surface area contributed by atoms with Gasteiger partial charge in [0.2, 0.25) is 0 Å². The van der Waals surface area contributed by atoms with Crippen molar-refractivity contribution >= 4 is 51.9 Å². The third kappa shape index (κ3) is 4.45. The highest BCUT2D eigenvalue weighted by Crippen LogP contribution is 2.31. The number of hydrazone groups is 1. The Morgan fingerprint density at radius 1 is 1.29 bits per heavy atom. The van der Waals surface area contributed by atoms with E-state index in [1.807, 2.05) is 48.7 Å². The lowest BCUT2D eigenvalue weighted by Gasteiger charge is -2.23. The highest BCUT2D eigenvalue weighted by atomic mass is 35.5. The van der Waals surface area contributed by atoms with E-state index in [2.05, 4.69) is 15.1 Å². The van der Waals surface area contributed by atoms with Crippen LogP contribution in [0, 0.1) is 5.92 Å². The number of aromatic hydroxyl groups is 1. The Morgan fingerprint density at radius 2 is 2.13 bits per heavy atom. The van der Waals surface area contributed by atoms with E-state index in [4.69, 9.17) is 28.9 Å². The van der Waals surface area contributed by atoms with Gasteiger partial charge in [0.25, 0.3) is 5.91 Å². The van der Waals surface area contributed by atoms with Crippen LogP contribution >= 0.6 is 23.2 Å². The second-order valence-electron chi connectivity index (χ2n) is 7.21. The zero-order valence-corrected chi connectivity index (χ0v) is 17.9. The number of phenols is 1. The van der Waals surface area contributed by atoms with Crippen LogP contribution in [0.4, 0.5) is 5.69 Å². The fourth-order valence-corrected chi connectivity index (χ4v) is 4.14. The minimum Gasteiger partial charge on any atom is -0.506 e. The Kier molecular flexibility index (Phi) is 6.02. The molecule has 0 bridgehead atoms. The summed E-state index contributed by atoms with van der Waals surface area (Å²) in [6, 6.07) is 12.1. The Labute approximate surface area is 189 Å². The van der Waals surface area contributed by atoms with Gasteiger partial charge in [0.05, 0.1) is 17.3 Å². The lowest BCUT2D eigenvalue weighted by atomic mass is 10.00. The van der Waals surface area contributed by atoms with E-state index in [-0.39, 0.29) is 22.7 Å². The summed E-state index contributed by atoms with van der Waals surface area (Å²) < 4.78 is 2.11. The number of nitrogens with two attached hydrogens (primary N) is 1. The molecule has 1 amide bonds. The van der Waals surface area contributed by atoms with Crippen LogP contribution in [0.15, 0.2) is 77.0 Å². The van der Waals surface area contributed by atoms with E-state index in [0.717, 1.165) is 21.5 Å². The zero-order valence-electron chi connectivity index (χ0n) is 16.4. The van der Waals surface area contributed by atoms with Crippen molar-refractivity contribution in [3.8, 4) is 5.75 Å². The summed E-state index contributed by atoms with van der Waals surface area (Å²) >= 11 is 12.8. The van der Waals surface area contributed by atoms with E-state index < -0.39 is 5.91 Å². The maximum Gasteiger partial charge on any atom is 0.271 e. The summed E-state index contributed by atoms with van der Waals surface area (Å²) in [4.78, 5) is 12.2. The van der Waals surface area contributed by atoms with Crippen LogP contribution in [0.5, 0.6) is 5.75 Å². The van der Waals surface area contributed by atoms with E-state index in [1.165, 1.54) is 18.2 Å². The molecular weight excluding hydrogens is 435 g/mol. The number of rotatable bonds is 5. The maximum atomic E-state index is 12.2. The largest absolute Gasteiger partial charge is 0.506 e. The predicted molar refractivity (Wildman–Crippen MR) is 126 cm³/mol. The molecule has 1 aliphatic rings. The molecule has 2 atom stereocenters. The average molecular weight is 455 g/mol. The first-order valence-electron chi connectivity index (χ1n) is 9.62. The van der Waals surface area contributed by atoms with Gasteiger partial charge in [-0.1, -0.05) is 35.9 Å². The highest BCUT2D eigenvalue weighted by molar-refractivity contribution is 6.31. The molecule has 3 aromatic rings. The SMILES string of the molecule is Nc1cc(C(=O)N/N=C/c2cccc3c2ccn3CC2C(Cl)=CC=CC2Cl)ccc1O. The van der Waals surface area contributed by atoms with Crippen LogP contribution in [-0.2, 0) is 6.54 Å². The summed E-state index contributed by atoms with van der Waals surface area (Å²) in [5.74, 6) is -0.497. The van der Waals surface area contributed by atoms with Crippen molar-refractivity contribution in [1.82, 2.24) is 9.99 Å². The second kappa shape index (κ2) is 8.88. The first kappa shape index (κ1) is 21.0. The zero-order chi connectivity index (χ0) is 22.0. The van der Waals surface area contributed by atoms with Gasteiger partial charge in [0, 0.05) is 45.7 Å². The number of nitrogens with zero attached hydrogens (tertiary/aromatic N) is 2. The molecule has 1 aliphatic carbocycles. The molecule has 4 N–H and O–H groups in total. The van der Waals surface area contributed by atoms with E-state index in [0.29, 0.717) is 12.1 Å². The van der Waals surface area contributed by atoms with Crippen LogP contribution in [0.1, 0.15) is 15.9 Å². The minimum absolute atomic E-state index is 0.00158. The number of halogens is 2. The normalized spacial score (nSPS) is 18.5. The monoisotopic (exact) mass is 454 g/mol. The predicted octanol–water partition coefficient (Wildman–Crippen LogP) is 4.61. The number of phenolic OH excluding ortho intramolecular Hbond substituents is 1. The highest BCUT2D eigenvalue weighted by Gasteiger charge is 2.23. The third-order valence-corrected chi connectivity index (χ3v) is 6.05. The number of hydrogen-bond donors (Lipinski definition) is 3. The standard InChI is InChI=1S/C23H20Cl2N4O2/c24-18-4-2-5-19(25)17(18)13-29-10-9-16-15(3-1-6-21(16)29)12-27-28-23(31)14-7-8-22(30)20(26)11-14/h1-12,17-18,30H,13,26H2,(H,28,31)/b27-12+. The molecule has 0 saturated carbocycles. The Morgan fingerprint density at radius 3 is 2.90 bits per heavy atom. The summed E-state index contributed by atoms with van der Waals surface area (Å²) in [5.41, 5.74) is 10.4. The van der Waals surface area contributed by atoms with Gasteiger partial charge >= 0.3 is 0 Å².